The molecule has 1 aliphatic heterocycles. The van der Waals surface area contributed by atoms with E-state index in [0.29, 0.717) is 12.5 Å². The summed E-state index contributed by atoms with van der Waals surface area (Å²) < 4.78 is 1.91. The molecule has 0 bridgehead atoms. The van der Waals surface area contributed by atoms with Gasteiger partial charge in [-0.2, -0.15) is 0 Å². The molecule has 1 N–H and O–H groups in total. The number of para-hydroxylation sites is 2. The van der Waals surface area contributed by atoms with Gasteiger partial charge in [-0.3, -0.25) is 19.1 Å². The smallest absolute Gasteiger partial charge is 0.253 e. The lowest BCUT2D eigenvalue weighted by Crippen LogP contribution is -2.31. The van der Waals surface area contributed by atoms with Crippen LogP contribution in [0.15, 0.2) is 66.7 Å². The lowest BCUT2D eigenvalue weighted by molar-refractivity contribution is -0.124. The summed E-state index contributed by atoms with van der Waals surface area (Å²) in [6, 6.07) is 21.2. The molecule has 2 amide bonds. The number of nitrogens with zero attached hydrogens (tertiary/aromatic N) is 3. The van der Waals surface area contributed by atoms with Gasteiger partial charge in [0.2, 0.25) is 11.9 Å². The van der Waals surface area contributed by atoms with Crippen LogP contribution in [-0.4, -0.2) is 21.4 Å². The average molecular weight is 439 g/mol. The fourth-order valence-corrected chi connectivity index (χ4v) is 4.37. The van der Waals surface area contributed by atoms with Gasteiger partial charge in [0.1, 0.15) is 6.04 Å². The standard InChI is InChI=1S/C27H26N4O2/c1-17-9-12-20(13-10-17)16-30-26(33)24(31-23-7-5-4-6-21(23)29-27(30)31)15-25(32)28-22-14-18(2)8-11-19(22)3/h4-14,24H,15-16H2,1-3H3,(H,28,32)/t24-/m1/s1. The van der Waals surface area contributed by atoms with Crippen molar-refractivity contribution >= 4 is 34.5 Å². The first-order valence-electron chi connectivity index (χ1n) is 11.1. The highest BCUT2D eigenvalue weighted by atomic mass is 16.2. The van der Waals surface area contributed by atoms with Gasteiger partial charge >= 0.3 is 0 Å². The predicted molar refractivity (Wildman–Crippen MR) is 130 cm³/mol. The number of anilines is 2. The van der Waals surface area contributed by atoms with Gasteiger partial charge < -0.3 is 5.32 Å². The van der Waals surface area contributed by atoms with Gasteiger partial charge in [0.15, 0.2) is 0 Å². The van der Waals surface area contributed by atoms with Crippen LogP contribution in [0.5, 0.6) is 0 Å². The van der Waals surface area contributed by atoms with Crippen LogP contribution in [0, 0.1) is 20.8 Å². The minimum atomic E-state index is -0.636. The third-order valence-electron chi connectivity index (χ3n) is 6.19. The number of amides is 2. The number of aromatic nitrogens is 2. The molecule has 6 nitrogen and oxygen atoms in total. The highest BCUT2D eigenvalue weighted by Gasteiger charge is 2.40. The van der Waals surface area contributed by atoms with E-state index < -0.39 is 6.04 Å². The number of imidazole rings is 1. The van der Waals surface area contributed by atoms with Crippen LogP contribution in [0.4, 0.5) is 11.6 Å². The van der Waals surface area contributed by atoms with Gasteiger partial charge in [0, 0.05) is 5.69 Å². The molecule has 166 valence electrons. The summed E-state index contributed by atoms with van der Waals surface area (Å²) in [6.45, 7) is 6.40. The molecule has 3 aromatic carbocycles. The highest BCUT2D eigenvalue weighted by molar-refractivity contribution is 6.05. The number of hydrogen-bond donors (Lipinski definition) is 1. The van der Waals surface area contributed by atoms with Crippen LogP contribution in [0.25, 0.3) is 11.0 Å². The largest absolute Gasteiger partial charge is 0.326 e. The lowest BCUT2D eigenvalue weighted by atomic mass is 10.1. The van der Waals surface area contributed by atoms with Gasteiger partial charge in [-0.05, 0) is 55.7 Å². The molecule has 0 fully saturated rings. The molecule has 2 heterocycles. The van der Waals surface area contributed by atoms with E-state index in [4.69, 9.17) is 4.98 Å². The van der Waals surface area contributed by atoms with E-state index >= 15 is 0 Å². The molecule has 1 atom stereocenters. The van der Waals surface area contributed by atoms with Crippen molar-refractivity contribution in [3.63, 3.8) is 0 Å². The maximum atomic E-state index is 13.5. The first-order chi connectivity index (χ1) is 15.9. The highest BCUT2D eigenvalue weighted by Crippen LogP contribution is 2.37. The molecule has 0 saturated carbocycles. The van der Waals surface area contributed by atoms with E-state index in [-0.39, 0.29) is 18.2 Å². The van der Waals surface area contributed by atoms with Gasteiger partial charge in [-0.1, -0.05) is 54.1 Å². The second-order valence-electron chi connectivity index (χ2n) is 8.77. The predicted octanol–water partition coefficient (Wildman–Crippen LogP) is 5.08. The van der Waals surface area contributed by atoms with Crippen molar-refractivity contribution < 1.29 is 9.59 Å². The van der Waals surface area contributed by atoms with Gasteiger partial charge in [-0.25, -0.2) is 4.98 Å². The van der Waals surface area contributed by atoms with Crippen LogP contribution in [0.2, 0.25) is 0 Å². The Morgan fingerprint density at radius 2 is 1.70 bits per heavy atom. The fourth-order valence-electron chi connectivity index (χ4n) is 4.37. The van der Waals surface area contributed by atoms with Crippen LogP contribution < -0.4 is 10.2 Å². The molecule has 1 aromatic heterocycles. The maximum Gasteiger partial charge on any atom is 0.253 e. The zero-order chi connectivity index (χ0) is 23.1. The Morgan fingerprint density at radius 1 is 0.970 bits per heavy atom. The summed E-state index contributed by atoms with van der Waals surface area (Å²) in [5.74, 6) is 0.286. The molecular weight excluding hydrogens is 412 g/mol. The molecule has 4 aromatic rings. The Kier molecular flexibility index (Phi) is 5.21. The summed E-state index contributed by atoms with van der Waals surface area (Å²) in [6.07, 6.45) is 0.0456. The molecule has 0 spiro atoms. The second kappa shape index (κ2) is 8.20. The van der Waals surface area contributed by atoms with Crippen molar-refractivity contribution in [1.82, 2.24) is 9.55 Å². The van der Waals surface area contributed by atoms with Crippen molar-refractivity contribution in [2.24, 2.45) is 0 Å². The van der Waals surface area contributed by atoms with Gasteiger partial charge in [-0.15, -0.1) is 0 Å². The number of aryl methyl sites for hydroxylation is 3. The van der Waals surface area contributed by atoms with Crippen molar-refractivity contribution in [3.8, 4) is 0 Å². The van der Waals surface area contributed by atoms with Crippen molar-refractivity contribution in [3.05, 3.63) is 89.0 Å². The minimum absolute atomic E-state index is 0.0456. The van der Waals surface area contributed by atoms with E-state index in [1.165, 1.54) is 5.56 Å². The monoisotopic (exact) mass is 438 g/mol. The number of carbonyl (C=O) groups excluding carboxylic acids is 2. The molecule has 5 rings (SSSR count). The zero-order valence-electron chi connectivity index (χ0n) is 19.0. The van der Waals surface area contributed by atoms with E-state index in [1.54, 1.807) is 4.90 Å². The van der Waals surface area contributed by atoms with Crippen molar-refractivity contribution in [2.45, 2.75) is 39.8 Å². The Bertz CT molecular complexity index is 1370. The summed E-state index contributed by atoms with van der Waals surface area (Å²) in [5.41, 5.74) is 6.69. The van der Waals surface area contributed by atoms with Gasteiger partial charge in [0.25, 0.3) is 5.91 Å². The number of fused-ring (bicyclic) bond motifs is 3. The van der Waals surface area contributed by atoms with Crippen LogP contribution in [-0.2, 0) is 16.1 Å². The molecule has 1 aliphatic rings. The normalized spacial score (nSPS) is 15.2. The topological polar surface area (TPSA) is 67.2 Å². The van der Waals surface area contributed by atoms with E-state index in [2.05, 4.69) is 5.32 Å². The Hall–Kier alpha value is -3.93. The number of hydrogen-bond acceptors (Lipinski definition) is 3. The second-order valence-corrected chi connectivity index (χ2v) is 8.77. The Balaban J connectivity index is 1.47. The molecule has 6 heteroatoms. The first-order valence-corrected chi connectivity index (χ1v) is 11.1. The maximum absolute atomic E-state index is 13.5. The molecule has 0 radical (unpaired) electrons. The zero-order valence-corrected chi connectivity index (χ0v) is 19.0. The van der Waals surface area contributed by atoms with Crippen LogP contribution in [0.3, 0.4) is 0 Å². The summed E-state index contributed by atoms with van der Waals surface area (Å²) in [5, 5.41) is 3.00. The third kappa shape index (κ3) is 3.89. The Labute approximate surface area is 192 Å². The number of nitrogens with one attached hydrogen (secondary N) is 1. The number of benzene rings is 3. The summed E-state index contributed by atoms with van der Waals surface area (Å²) >= 11 is 0. The fraction of sp³-hybridized carbons (Fsp3) is 0.222. The van der Waals surface area contributed by atoms with Gasteiger partial charge in [0.05, 0.1) is 24.0 Å². The van der Waals surface area contributed by atoms with Crippen LogP contribution >= 0.6 is 0 Å². The Morgan fingerprint density at radius 3 is 2.48 bits per heavy atom. The van der Waals surface area contributed by atoms with E-state index in [1.807, 2.05) is 92.1 Å². The third-order valence-corrected chi connectivity index (χ3v) is 6.19. The summed E-state index contributed by atoms with van der Waals surface area (Å²) in [7, 11) is 0. The molecule has 33 heavy (non-hydrogen) atoms. The van der Waals surface area contributed by atoms with Crippen molar-refractivity contribution in [1.29, 1.82) is 0 Å². The quantitative estimate of drug-likeness (QED) is 0.473. The molecule has 0 unspecified atom stereocenters. The minimum Gasteiger partial charge on any atom is -0.326 e. The average Bonchev–Trinajstić information content (AvgIpc) is 3.28. The molecule has 0 saturated heterocycles. The van der Waals surface area contributed by atoms with Crippen molar-refractivity contribution in [2.75, 3.05) is 10.2 Å². The number of rotatable bonds is 5. The SMILES string of the molecule is Cc1ccc(CN2C(=O)[C@@H](CC(=O)Nc3cc(C)ccc3C)n3c2nc2ccccc23)cc1. The molecule has 0 aliphatic carbocycles. The number of carbonyl (C=O) groups is 2. The van der Waals surface area contributed by atoms with E-state index in [0.717, 1.165) is 33.4 Å². The summed E-state index contributed by atoms with van der Waals surface area (Å²) in [4.78, 5) is 33.0. The van der Waals surface area contributed by atoms with E-state index in [9.17, 15) is 9.59 Å². The lowest BCUT2D eigenvalue weighted by Gasteiger charge is -2.16. The van der Waals surface area contributed by atoms with Crippen LogP contribution in [0.1, 0.15) is 34.7 Å². The molecular formula is C27H26N4O2. The first kappa shape index (κ1) is 20.9.